The van der Waals surface area contributed by atoms with E-state index in [1.807, 2.05) is 0 Å². The van der Waals surface area contributed by atoms with Crippen molar-refractivity contribution in [2.45, 2.75) is 39.9 Å². The van der Waals surface area contributed by atoms with Crippen LogP contribution >= 0.6 is 0 Å². The van der Waals surface area contributed by atoms with E-state index in [2.05, 4.69) is 5.32 Å². The molecule has 3 aromatic rings. The number of methoxy groups -OCH3 is 1. The molecule has 0 saturated carbocycles. The van der Waals surface area contributed by atoms with Crippen LogP contribution in [0.5, 0.6) is 11.5 Å². The molecule has 9 nitrogen and oxygen atoms in total. The van der Waals surface area contributed by atoms with Crippen LogP contribution in [0, 0.1) is 5.41 Å². The zero-order valence-electron chi connectivity index (χ0n) is 23.9. The van der Waals surface area contributed by atoms with Crippen molar-refractivity contribution in [3.8, 4) is 11.5 Å². The molecule has 0 spiro atoms. The first-order valence-electron chi connectivity index (χ1n) is 13.0. The van der Waals surface area contributed by atoms with Crippen LogP contribution in [0.4, 0.5) is 18.9 Å². The van der Waals surface area contributed by atoms with E-state index in [1.54, 1.807) is 45.0 Å². The third kappa shape index (κ3) is 9.32. The van der Waals surface area contributed by atoms with Crippen LogP contribution in [-0.4, -0.2) is 47.4 Å². The lowest BCUT2D eigenvalue weighted by Crippen LogP contribution is -2.35. The molecule has 0 unspecified atom stereocenters. The van der Waals surface area contributed by atoms with Crippen molar-refractivity contribution in [3.63, 3.8) is 0 Å². The smallest absolute Gasteiger partial charge is 0.416 e. The first-order chi connectivity index (χ1) is 20.1. The van der Waals surface area contributed by atoms with Crippen LogP contribution in [0.3, 0.4) is 0 Å². The number of nitrogens with zero attached hydrogens (tertiary/aromatic N) is 1. The van der Waals surface area contributed by atoms with Gasteiger partial charge in [-0.1, -0.05) is 18.2 Å². The molecule has 0 saturated heterocycles. The number of aliphatic carboxylic acids is 1. The van der Waals surface area contributed by atoms with E-state index >= 15 is 0 Å². The summed E-state index contributed by atoms with van der Waals surface area (Å²) in [7, 11) is 1.24. The Labute approximate surface area is 246 Å². The third-order valence-electron chi connectivity index (χ3n) is 6.12. The number of carboxylic acid groups (broad SMARTS) is 1. The highest BCUT2D eigenvalue weighted by Crippen LogP contribution is 2.34. The largest absolute Gasteiger partial charge is 0.497 e. The van der Waals surface area contributed by atoms with Crippen molar-refractivity contribution in [1.82, 2.24) is 4.90 Å². The van der Waals surface area contributed by atoms with Crippen molar-refractivity contribution >= 4 is 29.4 Å². The molecule has 0 bridgehead atoms. The molecule has 3 rings (SSSR count). The number of anilines is 1. The monoisotopic (exact) mass is 600 g/mol. The molecule has 0 atom stereocenters. The number of rotatable bonds is 10. The van der Waals surface area contributed by atoms with E-state index in [9.17, 15) is 37.5 Å². The topological polar surface area (TPSA) is 122 Å². The van der Waals surface area contributed by atoms with E-state index < -0.39 is 53.9 Å². The number of halogens is 3. The number of carboxylic acids is 1. The molecule has 0 aliphatic rings. The van der Waals surface area contributed by atoms with Gasteiger partial charge in [-0.3, -0.25) is 19.2 Å². The maximum Gasteiger partial charge on any atom is 0.416 e. The number of carbonyl (C=O) groups excluding carboxylic acids is 3. The Morgan fingerprint density at radius 2 is 1.49 bits per heavy atom. The van der Waals surface area contributed by atoms with Crippen molar-refractivity contribution in [2.24, 2.45) is 5.41 Å². The van der Waals surface area contributed by atoms with E-state index in [-0.39, 0.29) is 29.1 Å². The molecule has 2 N–H and O–H groups in total. The van der Waals surface area contributed by atoms with Gasteiger partial charge >= 0.3 is 18.1 Å². The van der Waals surface area contributed by atoms with Crippen LogP contribution in [0.1, 0.15) is 47.8 Å². The highest BCUT2D eigenvalue weighted by Gasteiger charge is 2.34. The minimum absolute atomic E-state index is 0.00676. The van der Waals surface area contributed by atoms with Gasteiger partial charge in [0.1, 0.15) is 18.0 Å². The summed E-state index contributed by atoms with van der Waals surface area (Å²) in [6.45, 7) is 4.50. The Kier molecular flexibility index (Phi) is 10.2. The quantitative estimate of drug-likeness (QED) is 0.230. The van der Waals surface area contributed by atoms with E-state index in [4.69, 9.17) is 9.47 Å². The molecule has 12 heteroatoms. The van der Waals surface area contributed by atoms with Gasteiger partial charge in [0.15, 0.2) is 0 Å². The first kappa shape index (κ1) is 32.6. The van der Waals surface area contributed by atoms with Crippen LogP contribution < -0.4 is 14.8 Å². The number of hydrogen-bond donors (Lipinski definition) is 2. The number of hydrogen-bond acceptors (Lipinski definition) is 6. The second kappa shape index (κ2) is 13.4. The summed E-state index contributed by atoms with van der Waals surface area (Å²) < 4.78 is 50.6. The van der Waals surface area contributed by atoms with Crippen molar-refractivity contribution in [1.29, 1.82) is 0 Å². The summed E-state index contributed by atoms with van der Waals surface area (Å²) in [6, 6.07) is 15.2. The van der Waals surface area contributed by atoms with E-state index in [1.165, 1.54) is 43.5 Å². The summed E-state index contributed by atoms with van der Waals surface area (Å²) in [5.74, 6) is -2.65. The van der Waals surface area contributed by atoms with Gasteiger partial charge in [-0.2, -0.15) is 13.2 Å². The van der Waals surface area contributed by atoms with Crippen LogP contribution in [0.15, 0.2) is 66.7 Å². The molecule has 2 amide bonds. The second-order valence-electron chi connectivity index (χ2n) is 10.7. The fraction of sp³-hybridized carbons (Fsp3) is 0.290. The number of ether oxygens (including phenoxy) is 2. The summed E-state index contributed by atoms with van der Waals surface area (Å²) in [6.07, 6.45) is -5.24. The van der Waals surface area contributed by atoms with Crippen molar-refractivity contribution < 1.29 is 46.9 Å². The SMILES string of the molecule is COc1ccc(CC(=O)Nc2ccc(C(=O)N(CC(=O)O)Cc3ccc(OC(=O)C(C)(C)C)cc3)cc2)c(C(F)(F)F)c1. The van der Waals surface area contributed by atoms with Gasteiger partial charge < -0.3 is 24.8 Å². The predicted molar refractivity (Wildman–Crippen MR) is 151 cm³/mol. The number of amides is 2. The minimum Gasteiger partial charge on any atom is -0.497 e. The predicted octanol–water partition coefficient (Wildman–Crippen LogP) is 5.57. The second-order valence-corrected chi connectivity index (χ2v) is 10.7. The summed E-state index contributed by atoms with van der Waals surface area (Å²) in [4.78, 5) is 50.3. The lowest BCUT2D eigenvalue weighted by molar-refractivity contribution is -0.143. The third-order valence-corrected chi connectivity index (χ3v) is 6.12. The van der Waals surface area contributed by atoms with Gasteiger partial charge in [-0.15, -0.1) is 0 Å². The van der Waals surface area contributed by atoms with Crippen molar-refractivity contribution in [2.75, 3.05) is 19.0 Å². The van der Waals surface area contributed by atoms with Gasteiger partial charge in [-0.25, -0.2) is 0 Å². The highest BCUT2D eigenvalue weighted by atomic mass is 19.4. The molecule has 0 aromatic heterocycles. The Hall–Kier alpha value is -4.87. The molecular weight excluding hydrogens is 569 g/mol. The minimum atomic E-state index is -4.69. The molecule has 43 heavy (non-hydrogen) atoms. The molecule has 0 fully saturated rings. The van der Waals surface area contributed by atoms with Gasteiger partial charge in [0.05, 0.1) is 24.5 Å². The molecule has 228 valence electrons. The molecule has 3 aromatic carbocycles. The number of nitrogens with one attached hydrogen (secondary N) is 1. The zero-order valence-corrected chi connectivity index (χ0v) is 23.9. The number of carbonyl (C=O) groups is 4. The van der Waals surface area contributed by atoms with Gasteiger partial charge in [-0.05, 0) is 80.4 Å². The zero-order chi connectivity index (χ0) is 31.9. The molecule has 0 radical (unpaired) electrons. The average Bonchev–Trinajstić information content (AvgIpc) is 2.92. The molecule has 0 aliphatic carbocycles. The van der Waals surface area contributed by atoms with E-state index in [0.717, 1.165) is 11.0 Å². The highest BCUT2D eigenvalue weighted by molar-refractivity contribution is 5.97. The Bertz CT molecular complexity index is 1480. The van der Waals surface area contributed by atoms with Gasteiger partial charge in [0, 0.05) is 17.8 Å². The summed E-state index contributed by atoms with van der Waals surface area (Å²) in [5.41, 5.74) is -0.969. The van der Waals surface area contributed by atoms with Crippen LogP contribution in [0.2, 0.25) is 0 Å². The average molecular weight is 601 g/mol. The maximum atomic E-state index is 13.5. The fourth-order valence-electron chi connectivity index (χ4n) is 3.86. The van der Waals surface area contributed by atoms with Crippen LogP contribution in [-0.2, 0) is 33.5 Å². The maximum absolute atomic E-state index is 13.5. The first-order valence-corrected chi connectivity index (χ1v) is 13.0. The Balaban J connectivity index is 1.68. The normalized spacial score (nSPS) is 11.4. The standard InChI is InChI=1S/C31H31F3N2O7/c1-30(2,3)29(41)43-23-12-5-19(6-13-23)17-36(18-27(38)39)28(40)20-7-10-22(11-8-20)35-26(37)15-21-9-14-24(42-4)16-25(21)31(32,33)34/h5-14,16H,15,17-18H2,1-4H3,(H,35,37)(H,38,39). The van der Waals surface area contributed by atoms with Gasteiger partial charge in [0.2, 0.25) is 5.91 Å². The molecule has 0 heterocycles. The molecular formula is C31H31F3N2O7. The summed E-state index contributed by atoms with van der Waals surface area (Å²) in [5, 5.41) is 11.9. The summed E-state index contributed by atoms with van der Waals surface area (Å²) >= 11 is 0. The van der Waals surface area contributed by atoms with Crippen molar-refractivity contribution in [3.05, 3.63) is 89.0 Å². The van der Waals surface area contributed by atoms with E-state index in [0.29, 0.717) is 11.3 Å². The van der Waals surface area contributed by atoms with Gasteiger partial charge in [0.25, 0.3) is 5.91 Å². The number of benzene rings is 3. The lowest BCUT2D eigenvalue weighted by Gasteiger charge is -2.21. The lowest BCUT2D eigenvalue weighted by atomic mass is 9.97. The van der Waals surface area contributed by atoms with Crippen LogP contribution in [0.25, 0.3) is 0 Å². The molecule has 0 aliphatic heterocycles. The fourth-order valence-corrected chi connectivity index (χ4v) is 3.86. The number of esters is 1. The Morgan fingerprint density at radius 3 is 2.02 bits per heavy atom. The number of alkyl halides is 3. The Morgan fingerprint density at radius 1 is 0.884 bits per heavy atom.